The Kier molecular flexibility index (Phi) is 6.89. The van der Waals surface area contributed by atoms with Crippen molar-refractivity contribution in [1.82, 2.24) is 9.97 Å². The van der Waals surface area contributed by atoms with Crippen molar-refractivity contribution in [2.45, 2.75) is 90.5 Å². The monoisotopic (exact) mass is 414 g/mol. The zero-order valence-corrected chi connectivity index (χ0v) is 19.9. The highest BCUT2D eigenvalue weighted by Crippen LogP contribution is 2.42. The third kappa shape index (κ3) is 4.61. The summed E-state index contributed by atoms with van der Waals surface area (Å²) in [5.74, 6) is 0.141. The molecule has 2 aromatic rings. The first-order valence-corrected chi connectivity index (χ1v) is 14.6. The maximum absolute atomic E-state index is 13.1. The van der Waals surface area contributed by atoms with E-state index < -0.39 is 13.8 Å². The number of H-pyrrole nitrogens is 1. The summed E-state index contributed by atoms with van der Waals surface area (Å²) in [5, 5.41) is 1.30. The molecule has 1 atom stereocenters. The van der Waals surface area contributed by atoms with E-state index in [1.165, 1.54) is 41.3 Å². The minimum atomic E-state index is -1.74. The lowest BCUT2D eigenvalue weighted by Crippen LogP contribution is -2.50. The van der Waals surface area contributed by atoms with E-state index >= 15 is 0 Å². The van der Waals surface area contributed by atoms with Gasteiger partial charge in [-0.25, -0.2) is 0 Å². The number of hydrogen-bond acceptors (Lipinski definition) is 2. The van der Waals surface area contributed by atoms with Gasteiger partial charge < -0.3 is 14.7 Å². The molecule has 0 fully saturated rings. The number of aromatic amines is 1. The lowest BCUT2D eigenvalue weighted by Gasteiger charge is -2.37. The number of carbonyl (C=O) groups is 1. The number of aromatic nitrogens is 1. The second-order valence-corrected chi connectivity index (χ2v) is 13.7. The molecule has 0 radical (unpaired) electrons. The van der Waals surface area contributed by atoms with Crippen molar-refractivity contribution in [3.63, 3.8) is 0 Å². The van der Waals surface area contributed by atoms with Crippen molar-refractivity contribution in [1.29, 1.82) is 0 Å². The topological polar surface area (TPSA) is 54.1 Å². The first-order valence-electron chi connectivity index (χ1n) is 11.4. The van der Waals surface area contributed by atoms with Crippen molar-refractivity contribution in [2.75, 3.05) is 6.61 Å². The van der Waals surface area contributed by atoms with E-state index in [0.29, 0.717) is 13.0 Å². The van der Waals surface area contributed by atoms with Crippen LogP contribution in [0.5, 0.6) is 0 Å². The standard InChI is InChI=1S/C24H38N2O2Si/c1-6-9-10-16-29(4,5)26-21(27)17-24(8-3)23-20(14-15-28-24)19-13-11-12-18(7-2)22(19)25-23/h11-13,25H,6-10,14-17H2,1-5H3,(H,26,27). The number of fused-ring (bicyclic) bond motifs is 3. The molecule has 0 bridgehead atoms. The molecule has 3 rings (SSSR count). The smallest absolute Gasteiger partial charge is 0.215 e. The van der Waals surface area contributed by atoms with Crippen LogP contribution in [0.3, 0.4) is 0 Å². The maximum Gasteiger partial charge on any atom is 0.215 e. The number of nitrogens with one attached hydrogen (secondary N) is 2. The number of benzene rings is 1. The summed E-state index contributed by atoms with van der Waals surface area (Å²) in [6, 6.07) is 7.69. The number of unbranched alkanes of at least 4 members (excludes halogenated alkanes) is 2. The van der Waals surface area contributed by atoms with E-state index in [1.54, 1.807) is 0 Å². The lowest BCUT2D eigenvalue weighted by molar-refractivity contribution is -0.131. The highest BCUT2D eigenvalue weighted by molar-refractivity contribution is 6.77. The van der Waals surface area contributed by atoms with E-state index in [9.17, 15) is 4.79 Å². The number of para-hydroxylation sites is 1. The van der Waals surface area contributed by atoms with E-state index in [-0.39, 0.29) is 5.91 Å². The van der Waals surface area contributed by atoms with Crippen molar-refractivity contribution in [3.8, 4) is 0 Å². The molecule has 5 heteroatoms. The highest BCUT2D eigenvalue weighted by Gasteiger charge is 2.41. The van der Waals surface area contributed by atoms with Crippen LogP contribution in [0.2, 0.25) is 19.1 Å². The van der Waals surface area contributed by atoms with Gasteiger partial charge in [0.25, 0.3) is 0 Å². The quantitative estimate of drug-likeness (QED) is 0.402. The molecule has 1 unspecified atom stereocenters. The number of aryl methyl sites for hydroxylation is 1. The summed E-state index contributed by atoms with van der Waals surface area (Å²) < 4.78 is 6.35. The van der Waals surface area contributed by atoms with Gasteiger partial charge in [0, 0.05) is 10.9 Å². The molecule has 2 heterocycles. The maximum atomic E-state index is 13.1. The molecule has 0 saturated carbocycles. The fraction of sp³-hybridized carbons (Fsp3) is 0.625. The van der Waals surface area contributed by atoms with Crippen LogP contribution in [0.1, 0.15) is 69.7 Å². The Hall–Kier alpha value is -1.59. The van der Waals surface area contributed by atoms with Gasteiger partial charge in [0.05, 0.1) is 18.7 Å². The summed E-state index contributed by atoms with van der Waals surface area (Å²) >= 11 is 0. The van der Waals surface area contributed by atoms with Gasteiger partial charge in [0.1, 0.15) is 5.60 Å². The molecule has 160 valence electrons. The average molecular weight is 415 g/mol. The van der Waals surface area contributed by atoms with E-state index in [4.69, 9.17) is 4.74 Å². The van der Waals surface area contributed by atoms with Gasteiger partial charge in [-0.3, -0.25) is 4.79 Å². The number of ether oxygens (including phenoxy) is 1. The summed E-state index contributed by atoms with van der Waals surface area (Å²) in [6.45, 7) is 11.8. The van der Waals surface area contributed by atoms with Gasteiger partial charge in [-0.1, -0.05) is 71.3 Å². The van der Waals surface area contributed by atoms with Crippen LogP contribution in [0.15, 0.2) is 18.2 Å². The number of hydrogen-bond donors (Lipinski definition) is 2. The fourth-order valence-corrected chi connectivity index (χ4v) is 6.90. The normalized spacial score (nSPS) is 19.3. The SMILES string of the molecule is CCCCC[Si](C)(C)NC(=O)CC1(CC)OCCc2c1[nH]c1c(CC)cccc21. The molecule has 1 aliphatic rings. The Morgan fingerprint density at radius 3 is 2.72 bits per heavy atom. The molecule has 1 aliphatic heterocycles. The van der Waals surface area contributed by atoms with Crippen LogP contribution in [0.4, 0.5) is 0 Å². The van der Waals surface area contributed by atoms with Gasteiger partial charge in [-0.15, -0.1) is 0 Å². The predicted molar refractivity (Wildman–Crippen MR) is 124 cm³/mol. The minimum absolute atomic E-state index is 0.141. The molecular weight excluding hydrogens is 376 g/mol. The Labute approximate surface area is 176 Å². The van der Waals surface area contributed by atoms with Crippen molar-refractivity contribution in [3.05, 3.63) is 35.0 Å². The van der Waals surface area contributed by atoms with Gasteiger partial charge in [0.2, 0.25) is 5.91 Å². The molecule has 1 amide bonds. The highest BCUT2D eigenvalue weighted by atomic mass is 28.3. The molecule has 2 N–H and O–H groups in total. The molecule has 29 heavy (non-hydrogen) atoms. The average Bonchev–Trinajstić information content (AvgIpc) is 3.07. The van der Waals surface area contributed by atoms with Crippen LogP contribution >= 0.6 is 0 Å². The van der Waals surface area contributed by atoms with Crippen molar-refractivity contribution in [2.24, 2.45) is 0 Å². The van der Waals surface area contributed by atoms with Crippen LogP contribution in [-0.2, 0) is 28.0 Å². The van der Waals surface area contributed by atoms with E-state index in [0.717, 1.165) is 31.0 Å². The fourth-order valence-electron chi connectivity index (χ4n) is 4.80. The summed E-state index contributed by atoms with van der Waals surface area (Å²) in [5.41, 5.74) is 4.47. The third-order valence-electron chi connectivity index (χ3n) is 6.49. The van der Waals surface area contributed by atoms with E-state index in [2.05, 4.69) is 62.0 Å². The second-order valence-electron chi connectivity index (χ2n) is 9.18. The number of rotatable bonds is 9. The predicted octanol–water partition coefficient (Wildman–Crippen LogP) is 5.81. The molecule has 1 aromatic carbocycles. The Balaban J connectivity index is 1.86. The first kappa shape index (κ1) is 22.1. The van der Waals surface area contributed by atoms with Crippen LogP contribution in [-0.4, -0.2) is 25.7 Å². The Morgan fingerprint density at radius 1 is 1.24 bits per heavy atom. The van der Waals surface area contributed by atoms with Gasteiger partial charge >= 0.3 is 0 Å². The summed E-state index contributed by atoms with van der Waals surface area (Å²) in [4.78, 5) is 20.2. The van der Waals surface area contributed by atoms with Gasteiger partial charge in [-0.2, -0.15) is 0 Å². The summed E-state index contributed by atoms with van der Waals surface area (Å²) in [6.07, 6.45) is 6.75. The first-order chi connectivity index (χ1) is 13.9. The molecular formula is C24H38N2O2Si. The number of carbonyl (C=O) groups excluding carboxylic acids is 1. The second kappa shape index (κ2) is 9.05. The lowest BCUT2D eigenvalue weighted by atomic mass is 9.86. The van der Waals surface area contributed by atoms with Crippen LogP contribution in [0, 0.1) is 0 Å². The molecule has 0 aliphatic carbocycles. The Bertz CT molecular complexity index is 858. The largest absolute Gasteiger partial charge is 0.382 e. The minimum Gasteiger partial charge on any atom is -0.382 e. The van der Waals surface area contributed by atoms with Crippen LogP contribution in [0.25, 0.3) is 10.9 Å². The van der Waals surface area contributed by atoms with Gasteiger partial charge in [-0.05, 0) is 36.4 Å². The molecule has 0 saturated heterocycles. The van der Waals surface area contributed by atoms with Gasteiger partial charge in [0.15, 0.2) is 8.24 Å². The van der Waals surface area contributed by atoms with Crippen molar-refractivity contribution >= 4 is 25.0 Å². The molecule has 0 spiro atoms. The third-order valence-corrected chi connectivity index (χ3v) is 9.05. The number of amides is 1. The Morgan fingerprint density at radius 2 is 2.03 bits per heavy atom. The molecule has 4 nitrogen and oxygen atoms in total. The zero-order chi connectivity index (χ0) is 21.1. The van der Waals surface area contributed by atoms with E-state index in [1.807, 2.05) is 0 Å². The zero-order valence-electron chi connectivity index (χ0n) is 18.9. The molecule has 1 aromatic heterocycles. The van der Waals surface area contributed by atoms with Crippen molar-refractivity contribution < 1.29 is 9.53 Å². The van der Waals surface area contributed by atoms with Crippen LogP contribution < -0.4 is 4.98 Å². The summed E-state index contributed by atoms with van der Waals surface area (Å²) in [7, 11) is -1.74.